The molecule has 0 fully saturated rings. The van der Waals surface area contributed by atoms with Gasteiger partial charge in [-0.25, -0.2) is 9.59 Å². The molecule has 52 heavy (non-hydrogen) atoms. The normalized spacial score (nSPS) is 15.5. The van der Waals surface area contributed by atoms with Gasteiger partial charge in [-0.3, -0.25) is 4.79 Å². The molecular weight excluding hydrogens is 718 g/mol. The van der Waals surface area contributed by atoms with E-state index in [2.05, 4.69) is 91.8 Å². The Morgan fingerprint density at radius 3 is 2.12 bits per heavy atom. The number of carboxylic acid groups (broad SMARTS) is 2. The van der Waals surface area contributed by atoms with Gasteiger partial charge in [0.25, 0.3) is 0 Å². The van der Waals surface area contributed by atoms with Gasteiger partial charge in [0.05, 0.1) is 6.04 Å². The Kier molecular flexibility index (Phi) is 14.3. The minimum Gasteiger partial charge on any atom is -0.475 e. The number of aromatic nitrogens is 1. The molecule has 16 heteroatoms. The minimum absolute atomic E-state index is 0.0485. The number of nitrogens with one attached hydrogen (secondary N) is 2. The number of aliphatic carboxylic acids is 2. The standard InChI is InChI=1S/C32H37ClN4O.2C2HF3O2/c1-21-9-5-6-10-24(21)17-35-31(22(2)28-18-34-29-12-8-7-11-27(28)29)32(38)37-20-23(19-36(3)4)15-25-16-26(33)13-14-30(25)37;2*3-2(4,5)1(6)7/h5-14,16,18,22-23,31,34-35H,15,17,19-20H2,1-4H3;2*(H,6,7)/t22?,23-,31?;;/m1../s1. The number of nitrogens with zero attached hydrogens (tertiary/aromatic N) is 2. The number of benzene rings is 3. The van der Waals surface area contributed by atoms with Crippen molar-refractivity contribution in [2.24, 2.45) is 5.92 Å². The molecule has 0 aliphatic carbocycles. The molecular formula is C36H39ClF6N4O5. The summed E-state index contributed by atoms with van der Waals surface area (Å²) in [4.78, 5) is 40.0. The number of carbonyl (C=O) groups excluding carboxylic acids is 1. The maximum absolute atomic E-state index is 14.6. The molecule has 3 atom stereocenters. The monoisotopic (exact) mass is 756 g/mol. The van der Waals surface area contributed by atoms with Crippen molar-refractivity contribution in [1.29, 1.82) is 0 Å². The summed E-state index contributed by atoms with van der Waals surface area (Å²) in [6, 6.07) is 22.2. The number of hydrogen-bond donors (Lipinski definition) is 4. The molecule has 0 saturated heterocycles. The van der Waals surface area contributed by atoms with Crippen molar-refractivity contribution >= 4 is 46.0 Å². The summed E-state index contributed by atoms with van der Waals surface area (Å²) in [5.74, 6) is -5.13. The van der Waals surface area contributed by atoms with E-state index in [9.17, 15) is 31.1 Å². The van der Waals surface area contributed by atoms with E-state index in [1.807, 2.05) is 29.2 Å². The van der Waals surface area contributed by atoms with E-state index in [0.29, 0.717) is 24.0 Å². The van der Waals surface area contributed by atoms with Crippen LogP contribution in [0.4, 0.5) is 32.0 Å². The average molecular weight is 757 g/mol. The van der Waals surface area contributed by atoms with Crippen LogP contribution in [0.1, 0.15) is 35.1 Å². The van der Waals surface area contributed by atoms with Gasteiger partial charge in [0.1, 0.15) is 0 Å². The second-order valence-electron chi connectivity index (χ2n) is 12.5. The average Bonchev–Trinajstić information content (AvgIpc) is 3.48. The van der Waals surface area contributed by atoms with Crippen LogP contribution in [0.2, 0.25) is 5.02 Å². The zero-order valence-corrected chi connectivity index (χ0v) is 29.4. The summed E-state index contributed by atoms with van der Waals surface area (Å²) in [6.07, 6.45) is -7.19. The van der Waals surface area contributed by atoms with Crippen LogP contribution < -0.4 is 10.2 Å². The molecule has 282 valence electrons. The van der Waals surface area contributed by atoms with E-state index in [-0.39, 0.29) is 11.8 Å². The van der Waals surface area contributed by atoms with Crippen LogP contribution in [0.25, 0.3) is 10.9 Å². The number of anilines is 1. The molecule has 0 bridgehead atoms. The van der Waals surface area contributed by atoms with Crippen LogP contribution in [-0.4, -0.2) is 83.5 Å². The number of alkyl halides is 6. The van der Waals surface area contributed by atoms with E-state index in [1.54, 1.807) is 0 Å². The van der Waals surface area contributed by atoms with Crippen molar-refractivity contribution < 1.29 is 50.9 Å². The Balaban J connectivity index is 0.000000441. The number of hydrogen-bond acceptors (Lipinski definition) is 5. The van der Waals surface area contributed by atoms with Gasteiger partial charge in [0.2, 0.25) is 5.91 Å². The van der Waals surface area contributed by atoms with Crippen LogP contribution in [-0.2, 0) is 27.3 Å². The minimum atomic E-state index is -5.08. The lowest BCUT2D eigenvalue weighted by atomic mass is 9.88. The number of aryl methyl sites for hydroxylation is 1. The van der Waals surface area contributed by atoms with Crippen molar-refractivity contribution in [3.05, 3.63) is 100 Å². The third kappa shape index (κ3) is 11.5. The Bertz CT molecular complexity index is 1820. The van der Waals surface area contributed by atoms with Gasteiger partial charge >= 0.3 is 24.3 Å². The zero-order valence-electron chi connectivity index (χ0n) is 28.6. The summed E-state index contributed by atoms with van der Waals surface area (Å²) in [5.41, 5.74) is 6.77. The van der Waals surface area contributed by atoms with E-state index < -0.39 is 30.3 Å². The van der Waals surface area contributed by atoms with E-state index >= 15 is 0 Å². The van der Waals surface area contributed by atoms with Gasteiger partial charge in [0.15, 0.2) is 0 Å². The first-order chi connectivity index (χ1) is 24.2. The van der Waals surface area contributed by atoms with E-state index in [1.165, 1.54) is 11.1 Å². The summed E-state index contributed by atoms with van der Waals surface area (Å²) < 4.78 is 63.5. The van der Waals surface area contributed by atoms with Gasteiger partial charge in [0, 0.05) is 53.4 Å². The molecule has 0 radical (unpaired) electrons. The summed E-state index contributed by atoms with van der Waals surface area (Å²) >= 11 is 6.40. The SMILES string of the molecule is Cc1ccccc1CNC(C(=O)N1C[C@@H](CN(C)C)Cc2cc(Cl)ccc21)C(C)c1c[nH]c2ccccc12.O=C(O)C(F)(F)F.O=C(O)C(F)(F)F. The van der Waals surface area contributed by atoms with Crippen LogP contribution in [0.5, 0.6) is 0 Å². The number of amides is 1. The van der Waals surface area contributed by atoms with Crippen molar-refractivity contribution in [3.63, 3.8) is 0 Å². The fraction of sp³-hybridized carbons (Fsp3) is 0.361. The van der Waals surface area contributed by atoms with Gasteiger partial charge < -0.3 is 30.3 Å². The molecule has 1 amide bonds. The molecule has 0 saturated carbocycles. The molecule has 5 rings (SSSR count). The number of halogens is 7. The first-order valence-electron chi connectivity index (χ1n) is 15.9. The number of H-pyrrole nitrogens is 1. The molecule has 0 spiro atoms. The van der Waals surface area contributed by atoms with Gasteiger partial charge in [-0.05, 0) is 79.9 Å². The molecule has 9 nitrogen and oxygen atoms in total. The highest BCUT2D eigenvalue weighted by Gasteiger charge is 2.39. The highest BCUT2D eigenvalue weighted by molar-refractivity contribution is 6.30. The Hall–Kier alpha value is -4.60. The van der Waals surface area contributed by atoms with Gasteiger partial charge in [-0.1, -0.05) is 61.0 Å². The summed E-state index contributed by atoms with van der Waals surface area (Å²) in [6.45, 7) is 6.50. The van der Waals surface area contributed by atoms with Crippen LogP contribution in [0, 0.1) is 12.8 Å². The number of para-hydroxylation sites is 1. The second kappa shape index (κ2) is 17.8. The summed E-state index contributed by atoms with van der Waals surface area (Å²) in [5, 5.41) is 19.8. The molecule has 3 aromatic carbocycles. The van der Waals surface area contributed by atoms with Crippen molar-refractivity contribution in [2.75, 3.05) is 32.1 Å². The van der Waals surface area contributed by atoms with E-state index in [0.717, 1.165) is 40.7 Å². The first kappa shape index (κ1) is 41.8. The molecule has 1 aliphatic rings. The maximum Gasteiger partial charge on any atom is 0.490 e. The van der Waals surface area contributed by atoms with E-state index in [4.69, 9.17) is 31.4 Å². The Morgan fingerprint density at radius 1 is 0.962 bits per heavy atom. The predicted molar refractivity (Wildman–Crippen MR) is 185 cm³/mol. The number of aromatic amines is 1. The fourth-order valence-corrected chi connectivity index (χ4v) is 6.08. The third-order valence-corrected chi connectivity index (χ3v) is 8.54. The number of carbonyl (C=O) groups is 3. The quantitative estimate of drug-likeness (QED) is 0.138. The lowest BCUT2D eigenvalue weighted by molar-refractivity contribution is -0.193. The van der Waals surface area contributed by atoms with Crippen molar-refractivity contribution in [3.8, 4) is 0 Å². The number of fused-ring (bicyclic) bond motifs is 2. The van der Waals surface area contributed by atoms with Gasteiger partial charge in [-0.2, -0.15) is 26.3 Å². The molecule has 4 N–H and O–H groups in total. The topological polar surface area (TPSA) is 126 Å². The third-order valence-electron chi connectivity index (χ3n) is 8.31. The largest absolute Gasteiger partial charge is 0.490 e. The van der Waals surface area contributed by atoms with Crippen molar-refractivity contribution in [2.45, 2.75) is 51.1 Å². The Labute approximate surface area is 301 Å². The fourth-order valence-electron chi connectivity index (χ4n) is 5.88. The molecule has 1 aliphatic heterocycles. The van der Waals surface area contributed by atoms with Crippen molar-refractivity contribution in [1.82, 2.24) is 15.2 Å². The Morgan fingerprint density at radius 2 is 1.54 bits per heavy atom. The van der Waals surface area contributed by atoms with Crippen LogP contribution >= 0.6 is 11.6 Å². The highest BCUT2D eigenvalue weighted by Crippen LogP contribution is 2.35. The predicted octanol–water partition coefficient (Wildman–Crippen LogP) is 7.43. The van der Waals surface area contributed by atoms with Gasteiger partial charge in [-0.15, -0.1) is 0 Å². The van der Waals surface area contributed by atoms with Crippen LogP contribution in [0.15, 0.2) is 72.9 Å². The smallest absolute Gasteiger partial charge is 0.475 e. The lowest BCUT2D eigenvalue weighted by Crippen LogP contribution is -2.52. The summed E-state index contributed by atoms with van der Waals surface area (Å²) in [7, 11) is 4.18. The molecule has 1 aromatic heterocycles. The first-order valence-corrected chi connectivity index (χ1v) is 16.3. The zero-order chi connectivity index (χ0) is 39.0. The second-order valence-corrected chi connectivity index (χ2v) is 13.0. The maximum atomic E-state index is 14.6. The number of carboxylic acids is 2. The molecule has 4 aromatic rings. The lowest BCUT2D eigenvalue weighted by Gasteiger charge is -2.39. The molecule has 2 heterocycles. The highest BCUT2D eigenvalue weighted by atomic mass is 35.5. The number of rotatable bonds is 8. The van der Waals surface area contributed by atoms with Crippen LogP contribution in [0.3, 0.4) is 0 Å². The molecule has 2 unspecified atom stereocenters.